The molecular weight excluding hydrogens is 248 g/mol. The summed E-state index contributed by atoms with van der Waals surface area (Å²) in [5.74, 6) is 1.71. The van der Waals surface area contributed by atoms with E-state index in [0.29, 0.717) is 23.8 Å². The lowest BCUT2D eigenvalue weighted by molar-refractivity contribution is -0.140. The summed E-state index contributed by atoms with van der Waals surface area (Å²) in [5.41, 5.74) is 6.14. The van der Waals surface area contributed by atoms with Crippen LogP contribution in [0.25, 0.3) is 0 Å². The zero-order valence-electron chi connectivity index (χ0n) is 13.5. The Morgan fingerprint density at radius 3 is 2.40 bits per heavy atom. The Morgan fingerprint density at radius 1 is 1.20 bits per heavy atom. The Morgan fingerprint density at radius 2 is 1.85 bits per heavy atom. The summed E-state index contributed by atoms with van der Waals surface area (Å²) in [7, 11) is 0. The van der Waals surface area contributed by atoms with Gasteiger partial charge in [0.15, 0.2) is 0 Å². The highest BCUT2D eigenvalue weighted by atomic mass is 16.2. The zero-order chi connectivity index (χ0) is 14.7. The molecule has 1 amide bonds. The molecule has 2 rings (SSSR count). The molecule has 2 aliphatic rings. The fourth-order valence-corrected chi connectivity index (χ4v) is 4.12. The lowest BCUT2D eigenvalue weighted by atomic mass is 9.79. The quantitative estimate of drug-likeness (QED) is 0.859. The summed E-state index contributed by atoms with van der Waals surface area (Å²) in [4.78, 5) is 15.2. The van der Waals surface area contributed by atoms with Crippen LogP contribution < -0.4 is 5.73 Å². The van der Waals surface area contributed by atoms with Crippen LogP contribution in [-0.2, 0) is 4.79 Å². The van der Waals surface area contributed by atoms with Crippen LogP contribution in [0.3, 0.4) is 0 Å². The summed E-state index contributed by atoms with van der Waals surface area (Å²) in [6.07, 6.45) is 7.98. The van der Waals surface area contributed by atoms with Gasteiger partial charge in [0.25, 0.3) is 0 Å². The molecule has 0 bridgehead atoms. The van der Waals surface area contributed by atoms with E-state index in [4.69, 9.17) is 5.73 Å². The molecule has 0 heterocycles. The third-order valence-corrected chi connectivity index (χ3v) is 4.94. The number of nitrogens with two attached hydrogens (primary N) is 1. The molecule has 0 aliphatic heterocycles. The van der Waals surface area contributed by atoms with Crippen molar-refractivity contribution in [2.45, 2.75) is 77.8 Å². The lowest BCUT2D eigenvalue weighted by Gasteiger charge is -2.37. The van der Waals surface area contributed by atoms with Crippen molar-refractivity contribution >= 4 is 5.91 Å². The first-order valence-corrected chi connectivity index (χ1v) is 8.53. The largest absolute Gasteiger partial charge is 0.339 e. The minimum Gasteiger partial charge on any atom is -0.339 e. The fourth-order valence-electron chi connectivity index (χ4n) is 4.12. The van der Waals surface area contributed by atoms with E-state index in [1.54, 1.807) is 0 Å². The lowest BCUT2D eigenvalue weighted by Crippen LogP contribution is -2.47. The Bertz CT molecular complexity index is 313. The van der Waals surface area contributed by atoms with Crippen molar-refractivity contribution in [3.05, 3.63) is 0 Å². The van der Waals surface area contributed by atoms with Gasteiger partial charge in [0.2, 0.25) is 5.91 Å². The monoisotopic (exact) mass is 280 g/mol. The van der Waals surface area contributed by atoms with Gasteiger partial charge >= 0.3 is 0 Å². The van der Waals surface area contributed by atoms with E-state index in [9.17, 15) is 4.79 Å². The third kappa shape index (κ3) is 3.97. The smallest absolute Gasteiger partial charge is 0.226 e. The van der Waals surface area contributed by atoms with Crippen molar-refractivity contribution < 1.29 is 4.79 Å². The number of rotatable bonds is 4. The molecule has 0 aromatic carbocycles. The number of carbonyl (C=O) groups excluding carboxylic acids is 1. The average Bonchev–Trinajstić information content (AvgIpc) is 2.87. The highest BCUT2D eigenvalue weighted by molar-refractivity contribution is 5.79. The molecule has 0 radical (unpaired) electrons. The number of hydrogen-bond acceptors (Lipinski definition) is 2. The minimum atomic E-state index is 0.174. The van der Waals surface area contributed by atoms with E-state index in [1.165, 1.54) is 25.7 Å². The van der Waals surface area contributed by atoms with E-state index < -0.39 is 0 Å². The Balaban J connectivity index is 2.04. The van der Waals surface area contributed by atoms with Gasteiger partial charge in [0.05, 0.1) is 0 Å². The fraction of sp³-hybridized carbons (Fsp3) is 0.941. The molecule has 0 aromatic heterocycles. The predicted molar refractivity (Wildman–Crippen MR) is 83.3 cm³/mol. The second kappa shape index (κ2) is 6.93. The minimum absolute atomic E-state index is 0.174. The molecule has 3 unspecified atom stereocenters. The Hall–Kier alpha value is -0.570. The molecule has 3 nitrogen and oxygen atoms in total. The van der Waals surface area contributed by atoms with Gasteiger partial charge in [-0.15, -0.1) is 0 Å². The molecule has 116 valence electrons. The van der Waals surface area contributed by atoms with E-state index in [2.05, 4.69) is 25.7 Å². The van der Waals surface area contributed by atoms with Crippen LogP contribution in [-0.4, -0.2) is 29.4 Å². The first-order valence-electron chi connectivity index (χ1n) is 8.53. The maximum Gasteiger partial charge on any atom is 0.226 e. The summed E-state index contributed by atoms with van der Waals surface area (Å²) in [6.45, 7) is 7.58. The second-order valence-electron chi connectivity index (χ2n) is 7.59. The Labute approximate surface area is 124 Å². The summed E-state index contributed by atoms with van der Waals surface area (Å²) in [5, 5.41) is 0. The molecule has 2 saturated carbocycles. The van der Waals surface area contributed by atoms with Crippen molar-refractivity contribution in [3.8, 4) is 0 Å². The molecule has 3 heteroatoms. The van der Waals surface area contributed by atoms with E-state index in [1.807, 2.05) is 0 Å². The molecule has 0 aromatic rings. The van der Waals surface area contributed by atoms with Crippen molar-refractivity contribution in [2.75, 3.05) is 6.54 Å². The standard InChI is InChI=1S/C17H32N2O/c1-12(2)11-19(16-6-4-5-7-16)17(20)14-8-13(3)9-15(18)10-14/h12-16H,4-11,18H2,1-3H3. The van der Waals surface area contributed by atoms with Crippen molar-refractivity contribution in [1.29, 1.82) is 0 Å². The maximum absolute atomic E-state index is 13.0. The Kier molecular flexibility index (Phi) is 5.48. The summed E-state index contributed by atoms with van der Waals surface area (Å²) >= 11 is 0. The van der Waals surface area contributed by atoms with Crippen LogP contribution in [0.2, 0.25) is 0 Å². The predicted octanol–water partition coefficient (Wildman–Crippen LogP) is 3.18. The first kappa shape index (κ1) is 15.8. The van der Waals surface area contributed by atoms with Gasteiger partial charge < -0.3 is 10.6 Å². The number of carbonyl (C=O) groups is 1. The average molecular weight is 280 g/mol. The number of hydrogen-bond donors (Lipinski definition) is 1. The SMILES string of the molecule is CC(C)CN(C(=O)C1CC(C)CC(N)C1)C1CCCC1. The van der Waals surface area contributed by atoms with Crippen LogP contribution in [0.15, 0.2) is 0 Å². The maximum atomic E-state index is 13.0. The van der Waals surface area contributed by atoms with Gasteiger partial charge in [-0.1, -0.05) is 33.6 Å². The van der Waals surface area contributed by atoms with Gasteiger partial charge in [0.1, 0.15) is 0 Å². The van der Waals surface area contributed by atoms with Crippen LogP contribution in [0.1, 0.15) is 65.7 Å². The van der Waals surface area contributed by atoms with Gasteiger partial charge in [-0.05, 0) is 43.9 Å². The highest BCUT2D eigenvalue weighted by Crippen LogP contribution is 2.32. The summed E-state index contributed by atoms with van der Waals surface area (Å²) < 4.78 is 0. The van der Waals surface area contributed by atoms with Crippen LogP contribution in [0, 0.1) is 17.8 Å². The van der Waals surface area contributed by atoms with Crippen LogP contribution in [0.4, 0.5) is 0 Å². The topological polar surface area (TPSA) is 46.3 Å². The molecule has 3 atom stereocenters. The second-order valence-corrected chi connectivity index (χ2v) is 7.59. The third-order valence-electron chi connectivity index (χ3n) is 4.94. The van der Waals surface area contributed by atoms with Gasteiger partial charge in [-0.25, -0.2) is 0 Å². The highest BCUT2D eigenvalue weighted by Gasteiger charge is 2.35. The molecule has 0 saturated heterocycles. The van der Waals surface area contributed by atoms with Gasteiger partial charge in [-0.3, -0.25) is 4.79 Å². The molecular formula is C17H32N2O. The normalized spacial score (nSPS) is 31.8. The molecule has 2 aliphatic carbocycles. The van der Waals surface area contributed by atoms with Crippen molar-refractivity contribution in [2.24, 2.45) is 23.5 Å². The van der Waals surface area contributed by atoms with Gasteiger partial charge in [0, 0.05) is 24.5 Å². The van der Waals surface area contributed by atoms with Gasteiger partial charge in [-0.2, -0.15) is 0 Å². The van der Waals surface area contributed by atoms with Crippen molar-refractivity contribution in [3.63, 3.8) is 0 Å². The summed E-state index contributed by atoms with van der Waals surface area (Å²) in [6, 6.07) is 0.718. The van der Waals surface area contributed by atoms with E-state index in [0.717, 1.165) is 25.8 Å². The van der Waals surface area contributed by atoms with Crippen molar-refractivity contribution in [1.82, 2.24) is 4.90 Å². The zero-order valence-corrected chi connectivity index (χ0v) is 13.5. The molecule has 0 spiro atoms. The molecule has 2 N–H and O–H groups in total. The van der Waals surface area contributed by atoms with E-state index in [-0.39, 0.29) is 12.0 Å². The molecule has 2 fully saturated rings. The first-order chi connectivity index (χ1) is 9.47. The molecule has 20 heavy (non-hydrogen) atoms. The van der Waals surface area contributed by atoms with E-state index >= 15 is 0 Å². The van der Waals surface area contributed by atoms with Crippen LogP contribution >= 0.6 is 0 Å². The number of amides is 1. The van der Waals surface area contributed by atoms with Crippen LogP contribution in [0.5, 0.6) is 0 Å². The number of nitrogens with zero attached hydrogens (tertiary/aromatic N) is 1.